The second kappa shape index (κ2) is 8.31. The molecule has 0 bridgehead atoms. The molecule has 6 nitrogen and oxygen atoms in total. The number of nitrogens with zero attached hydrogens (tertiary/aromatic N) is 2. The minimum atomic E-state index is -0.107. The SMILES string of the molecule is CC(=O)Nc1cccc(Nc2ccnc(Nc3ccc(C(C)C)cc3)n2)c1. The number of rotatable bonds is 6. The maximum Gasteiger partial charge on any atom is 0.229 e. The van der Waals surface area contributed by atoms with Crippen molar-refractivity contribution in [2.24, 2.45) is 0 Å². The van der Waals surface area contributed by atoms with Gasteiger partial charge in [-0.2, -0.15) is 4.98 Å². The van der Waals surface area contributed by atoms with Gasteiger partial charge in [-0.3, -0.25) is 4.79 Å². The van der Waals surface area contributed by atoms with Crippen molar-refractivity contribution in [1.29, 1.82) is 0 Å². The summed E-state index contributed by atoms with van der Waals surface area (Å²) in [6.45, 7) is 5.82. The van der Waals surface area contributed by atoms with Gasteiger partial charge in [-0.1, -0.05) is 32.0 Å². The molecule has 0 radical (unpaired) electrons. The Morgan fingerprint density at radius 3 is 2.37 bits per heavy atom. The smallest absolute Gasteiger partial charge is 0.229 e. The third-order valence-corrected chi connectivity index (χ3v) is 3.94. The van der Waals surface area contributed by atoms with E-state index >= 15 is 0 Å². The van der Waals surface area contributed by atoms with Gasteiger partial charge in [0.2, 0.25) is 11.9 Å². The van der Waals surface area contributed by atoms with Crippen molar-refractivity contribution >= 4 is 34.7 Å². The van der Waals surface area contributed by atoms with Crippen molar-refractivity contribution in [3.05, 3.63) is 66.4 Å². The van der Waals surface area contributed by atoms with Gasteiger partial charge in [0, 0.05) is 30.2 Å². The Balaban J connectivity index is 1.71. The summed E-state index contributed by atoms with van der Waals surface area (Å²) in [5.74, 6) is 1.56. The molecule has 0 spiro atoms. The van der Waals surface area contributed by atoms with Gasteiger partial charge in [-0.05, 0) is 47.9 Å². The molecule has 0 fully saturated rings. The first-order valence-electron chi connectivity index (χ1n) is 8.84. The highest BCUT2D eigenvalue weighted by Crippen LogP contribution is 2.22. The van der Waals surface area contributed by atoms with Gasteiger partial charge in [0.05, 0.1) is 0 Å². The van der Waals surface area contributed by atoms with Crippen LogP contribution in [0.4, 0.5) is 28.8 Å². The predicted octanol–water partition coefficient (Wildman–Crippen LogP) is 5.05. The molecule has 3 N–H and O–H groups in total. The lowest BCUT2D eigenvalue weighted by Gasteiger charge is -2.11. The number of hydrogen-bond donors (Lipinski definition) is 3. The number of aromatic nitrogens is 2. The van der Waals surface area contributed by atoms with Gasteiger partial charge in [-0.15, -0.1) is 0 Å². The van der Waals surface area contributed by atoms with E-state index in [1.54, 1.807) is 12.3 Å². The molecular formula is C21H23N5O. The largest absolute Gasteiger partial charge is 0.340 e. The van der Waals surface area contributed by atoms with Crippen molar-refractivity contribution in [3.8, 4) is 0 Å². The van der Waals surface area contributed by atoms with Crippen LogP contribution in [0.25, 0.3) is 0 Å². The van der Waals surface area contributed by atoms with E-state index in [2.05, 4.69) is 51.9 Å². The molecule has 1 heterocycles. The molecule has 138 valence electrons. The first-order valence-corrected chi connectivity index (χ1v) is 8.84. The van der Waals surface area contributed by atoms with Crippen LogP contribution < -0.4 is 16.0 Å². The molecule has 0 saturated heterocycles. The van der Waals surface area contributed by atoms with Crippen molar-refractivity contribution in [1.82, 2.24) is 9.97 Å². The van der Waals surface area contributed by atoms with Gasteiger partial charge in [0.1, 0.15) is 5.82 Å². The first kappa shape index (κ1) is 18.4. The zero-order valence-electron chi connectivity index (χ0n) is 15.7. The van der Waals surface area contributed by atoms with Crippen LogP contribution >= 0.6 is 0 Å². The average molecular weight is 361 g/mol. The molecule has 1 amide bonds. The molecule has 27 heavy (non-hydrogen) atoms. The number of amides is 1. The van der Waals surface area contributed by atoms with Crippen LogP contribution in [0.15, 0.2) is 60.8 Å². The standard InChI is InChI=1S/C21H23N5O/c1-14(2)16-7-9-17(10-8-16)25-21-22-12-11-20(26-21)24-19-6-4-5-18(13-19)23-15(3)27/h4-14H,1-3H3,(H,23,27)(H2,22,24,25,26). The molecule has 0 atom stereocenters. The summed E-state index contributed by atoms with van der Waals surface area (Å²) >= 11 is 0. The van der Waals surface area contributed by atoms with E-state index in [1.165, 1.54) is 12.5 Å². The number of carbonyl (C=O) groups is 1. The Labute approximate surface area is 159 Å². The molecule has 6 heteroatoms. The number of nitrogens with one attached hydrogen (secondary N) is 3. The van der Waals surface area contributed by atoms with Crippen LogP contribution in [0.2, 0.25) is 0 Å². The summed E-state index contributed by atoms with van der Waals surface area (Å²) in [5, 5.41) is 9.20. The fraction of sp³-hybridized carbons (Fsp3) is 0.190. The summed E-state index contributed by atoms with van der Waals surface area (Å²) in [5.41, 5.74) is 3.78. The lowest BCUT2D eigenvalue weighted by atomic mass is 10.0. The fourth-order valence-corrected chi connectivity index (χ4v) is 2.59. The Kier molecular flexibility index (Phi) is 5.66. The summed E-state index contributed by atoms with van der Waals surface area (Å²) < 4.78 is 0. The van der Waals surface area contributed by atoms with E-state index in [9.17, 15) is 4.79 Å². The van der Waals surface area contributed by atoms with Gasteiger partial charge in [0.25, 0.3) is 0 Å². The highest BCUT2D eigenvalue weighted by Gasteiger charge is 2.04. The summed E-state index contributed by atoms with van der Waals surface area (Å²) in [6.07, 6.45) is 1.69. The van der Waals surface area contributed by atoms with Gasteiger partial charge in [0.15, 0.2) is 0 Å². The van der Waals surface area contributed by atoms with E-state index < -0.39 is 0 Å². The molecule has 0 saturated carbocycles. The molecule has 0 aliphatic carbocycles. The van der Waals surface area contributed by atoms with E-state index in [4.69, 9.17) is 0 Å². The Bertz CT molecular complexity index is 922. The predicted molar refractivity (Wildman–Crippen MR) is 110 cm³/mol. The minimum Gasteiger partial charge on any atom is -0.340 e. The first-order chi connectivity index (χ1) is 13.0. The molecular weight excluding hydrogens is 338 g/mol. The lowest BCUT2D eigenvalue weighted by molar-refractivity contribution is -0.114. The van der Waals surface area contributed by atoms with Crippen molar-refractivity contribution in [3.63, 3.8) is 0 Å². The molecule has 1 aromatic heterocycles. The van der Waals surface area contributed by atoms with E-state index in [0.29, 0.717) is 17.7 Å². The molecule has 0 aliphatic heterocycles. The maximum atomic E-state index is 11.2. The topological polar surface area (TPSA) is 78.9 Å². The third-order valence-electron chi connectivity index (χ3n) is 3.94. The summed E-state index contributed by atoms with van der Waals surface area (Å²) in [4.78, 5) is 20.0. The molecule has 3 aromatic rings. The Hall–Kier alpha value is -3.41. The van der Waals surface area contributed by atoms with Crippen molar-refractivity contribution < 1.29 is 4.79 Å². The monoisotopic (exact) mass is 361 g/mol. The molecule has 0 unspecified atom stereocenters. The number of benzene rings is 2. The van der Waals surface area contributed by atoms with E-state index in [1.807, 2.05) is 36.4 Å². The van der Waals surface area contributed by atoms with Gasteiger partial charge in [-0.25, -0.2) is 4.98 Å². The van der Waals surface area contributed by atoms with Gasteiger partial charge < -0.3 is 16.0 Å². The molecule has 3 rings (SSSR count). The number of hydrogen-bond acceptors (Lipinski definition) is 5. The van der Waals surface area contributed by atoms with Crippen LogP contribution in [0.5, 0.6) is 0 Å². The summed E-state index contributed by atoms with van der Waals surface area (Å²) in [6, 6.07) is 17.5. The molecule has 0 aliphatic rings. The van der Waals surface area contributed by atoms with E-state index in [-0.39, 0.29) is 5.91 Å². The minimum absolute atomic E-state index is 0.107. The van der Waals surface area contributed by atoms with Crippen LogP contribution in [0.3, 0.4) is 0 Å². The summed E-state index contributed by atoms with van der Waals surface area (Å²) in [7, 11) is 0. The lowest BCUT2D eigenvalue weighted by Crippen LogP contribution is -2.06. The van der Waals surface area contributed by atoms with Gasteiger partial charge >= 0.3 is 0 Å². The van der Waals surface area contributed by atoms with Crippen molar-refractivity contribution in [2.45, 2.75) is 26.7 Å². The highest BCUT2D eigenvalue weighted by atomic mass is 16.1. The third kappa shape index (κ3) is 5.28. The molecule has 2 aromatic carbocycles. The second-order valence-corrected chi connectivity index (χ2v) is 6.55. The Morgan fingerprint density at radius 1 is 0.926 bits per heavy atom. The number of anilines is 5. The zero-order valence-corrected chi connectivity index (χ0v) is 15.7. The maximum absolute atomic E-state index is 11.2. The fourth-order valence-electron chi connectivity index (χ4n) is 2.59. The van der Waals surface area contributed by atoms with Crippen molar-refractivity contribution in [2.75, 3.05) is 16.0 Å². The van der Waals surface area contributed by atoms with Crippen LogP contribution in [0, 0.1) is 0 Å². The zero-order chi connectivity index (χ0) is 19.2. The van der Waals surface area contributed by atoms with Crippen LogP contribution in [-0.4, -0.2) is 15.9 Å². The highest BCUT2D eigenvalue weighted by molar-refractivity contribution is 5.89. The Morgan fingerprint density at radius 2 is 1.67 bits per heavy atom. The number of carbonyl (C=O) groups excluding carboxylic acids is 1. The average Bonchev–Trinajstić information content (AvgIpc) is 2.62. The normalized spacial score (nSPS) is 10.5. The van der Waals surface area contributed by atoms with Crippen LogP contribution in [0.1, 0.15) is 32.3 Å². The quantitative estimate of drug-likeness (QED) is 0.573. The van der Waals surface area contributed by atoms with Crippen LogP contribution in [-0.2, 0) is 4.79 Å². The van der Waals surface area contributed by atoms with E-state index in [0.717, 1.165) is 17.1 Å². The second-order valence-electron chi connectivity index (χ2n) is 6.55.